The molecule has 4 unspecified atom stereocenters. The average molecular weight is 219 g/mol. The van der Waals surface area contributed by atoms with Gasteiger partial charge in [-0.3, -0.25) is 0 Å². The molecule has 1 heterocycles. The van der Waals surface area contributed by atoms with Gasteiger partial charge in [0.15, 0.2) is 0 Å². The summed E-state index contributed by atoms with van der Waals surface area (Å²) < 4.78 is 5.83. The summed E-state index contributed by atoms with van der Waals surface area (Å²) in [5.74, 6) is 1.24. The maximum absolute atomic E-state index is 6.20. The molecule has 0 radical (unpaired) electrons. The van der Waals surface area contributed by atoms with Crippen molar-refractivity contribution >= 4 is 11.6 Å². The third kappa shape index (κ3) is 3.43. The van der Waals surface area contributed by atoms with Gasteiger partial charge in [-0.05, 0) is 44.9 Å². The van der Waals surface area contributed by atoms with Gasteiger partial charge in [0.2, 0.25) is 0 Å². The molecule has 0 bridgehead atoms. The molecule has 1 nitrogen and oxygen atoms in total. The van der Waals surface area contributed by atoms with E-state index in [1.807, 2.05) is 0 Å². The van der Waals surface area contributed by atoms with E-state index >= 15 is 0 Å². The quantitative estimate of drug-likeness (QED) is 0.652. The van der Waals surface area contributed by atoms with E-state index in [1.165, 1.54) is 12.8 Å². The first-order chi connectivity index (χ1) is 6.50. The van der Waals surface area contributed by atoms with Crippen LogP contribution in [-0.2, 0) is 4.74 Å². The molecule has 0 saturated carbocycles. The number of halogens is 1. The summed E-state index contributed by atoms with van der Waals surface area (Å²) in [6, 6.07) is 0. The van der Waals surface area contributed by atoms with Gasteiger partial charge >= 0.3 is 0 Å². The van der Waals surface area contributed by atoms with E-state index < -0.39 is 0 Å². The summed E-state index contributed by atoms with van der Waals surface area (Å²) in [6.45, 7) is 8.77. The minimum atomic E-state index is 0.259. The summed E-state index contributed by atoms with van der Waals surface area (Å²) in [5, 5.41) is 0.259. The molecule has 1 aliphatic rings. The third-order valence-corrected chi connectivity index (χ3v) is 3.62. The Bertz CT molecular complexity index is 160. The first kappa shape index (κ1) is 12.3. The normalized spacial score (nSPS) is 32.1. The van der Waals surface area contributed by atoms with Gasteiger partial charge in [0.25, 0.3) is 0 Å². The molecule has 0 aromatic rings. The molecule has 0 amide bonds. The van der Waals surface area contributed by atoms with Crippen molar-refractivity contribution in [3.05, 3.63) is 0 Å². The first-order valence-corrected chi connectivity index (χ1v) is 6.24. The summed E-state index contributed by atoms with van der Waals surface area (Å²) in [7, 11) is 0. The zero-order valence-electron chi connectivity index (χ0n) is 9.79. The van der Waals surface area contributed by atoms with E-state index in [2.05, 4.69) is 27.7 Å². The molecule has 14 heavy (non-hydrogen) atoms. The number of alkyl halides is 1. The fourth-order valence-electron chi connectivity index (χ4n) is 2.35. The number of hydrogen-bond acceptors (Lipinski definition) is 1. The fraction of sp³-hybridized carbons (Fsp3) is 1.00. The number of hydrogen-bond donors (Lipinski definition) is 0. The van der Waals surface area contributed by atoms with E-state index in [0.717, 1.165) is 6.42 Å². The maximum atomic E-state index is 6.20. The lowest BCUT2D eigenvalue weighted by atomic mass is 9.87. The largest absolute Gasteiger partial charge is 0.375 e. The Morgan fingerprint density at radius 1 is 1.29 bits per heavy atom. The minimum absolute atomic E-state index is 0.259. The van der Waals surface area contributed by atoms with Crippen molar-refractivity contribution in [2.75, 3.05) is 0 Å². The summed E-state index contributed by atoms with van der Waals surface area (Å²) >= 11 is 6.20. The lowest BCUT2D eigenvalue weighted by molar-refractivity contribution is 0.0360. The molecular weight excluding hydrogens is 196 g/mol. The lowest BCUT2D eigenvalue weighted by Crippen LogP contribution is -2.24. The van der Waals surface area contributed by atoms with Gasteiger partial charge in [-0.15, -0.1) is 11.6 Å². The van der Waals surface area contributed by atoms with Gasteiger partial charge in [-0.1, -0.05) is 13.8 Å². The highest BCUT2D eigenvalue weighted by atomic mass is 35.5. The van der Waals surface area contributed by atoms with Crippen molar-refractivity contribution in [3.63, 3.8) is 0 Å². The predicted octanol–water partition coefficient (Wildman–Crippen LogP) is 3.84. The van der Waals surface area contributed by atoms with Crippen LogP contribution in [0.3, 0.4) is 0 Å². The summed E-state index contributed by atoms with van der Waals surface area (Å²) in [5.41, 5.74) is 0. The van der Waals surface area contributed by atoms with Crippen LogP contribution >= 0.6 is 11.6 Å². The second-order valence-corrected chi connectivity index (χ2v) is 5.66. The Hall–Kier alpha value is 0.250. The first-order valence-electron chi connectivity index (χ1n) is 5.80. The van der Waals surface area contributed by atoms with Crippen molar-refractivity contribution < 1.29 is 4.74 Å². The van der Waals surface area contributed by atoms with Crippen LogP contribution in [0.15, 0.2) is 0 Å². The molecular formula is C12H23ClO. The lowest BCUT2D eigenvalue weighted by Gasteiger charge is -2.26. The molecule has 1 fully saturated rings. The van der Waals surface area contributed by atoms with Crippen LogP contribution < -0.4 is 0 Å². The molecule has 1 rings (SSSR count). The van der Waals surface area contributed by atoms with E-state index in [-0.39, 0.29) is 5.38 Å². The van der Waals surface area contributed by atoms with Gasteiger partial charge < -0.3 is 4.74 Å². The van der Waals surface area contributed by atoms with Crippen LogP contribution in [0.4, 0.5) is 0 Å². The van der Waals surface area contributed by atoms with E-state index in [9.17, 15) is 0 Å². The Labute approximate surface area is 93.2 Å². The fourth-order valence-corrected chi connectivity index (χ4v) is 2.75. The molecule has 0 aliphatic carbocycles. The van der Waals surface area contributed by atoms with Gasteiger partial charge in [0.1, 0.15) is 0 Å². The predicted molar refractivity (Wildman–Crippen MR) is 61.8 cm³/mol. The van der Waals surface area contributed by atoms with Crippen LogP contribution in [0.5, 0.6) is 0 Å². The van der Waals surface area contributed by atoms with Crippen LogP contribution in [0.1, 0.15) is 47.0 Å². The van der Waals surface area contributed by atoms with Crippen molar-refractivity contribution in [1.29, 1.82) is 0 Å². The number of ether oxygens (including phenoxy) is 1. The molecule has 0 N–H and O–H groups in total. The second-order valence-electron chi connectivity index (χ2n) is 4.97. The van der Waals surface area contributed by atoms with Crippen molar-refractivity contribution in [1.82, 2.24) is 0 Å². The van der Waals surface area contributed by atoms with Gasteiger partial charge in [0, 0.05) is 5.38 Å². The Morgan fingerprint density at radius 2 is 1.93 bits per heavy atom. The average Bonchev–Trinajstić information content (AvgIpc) is 2.46. The maximum Gasteiger partial charge on any atom is 0.0583 e. The standard InChI is InChI=1S/C12H23ClO/c1-8(2)12(10(4)13)7-11-6-5-9(3)14-11/h8-12H,5-7H2,1-4H3. The zero-order valence-corrected chi connectivity index (χ0v) is 10.6. The Morgan fingerprint density at radius 3 is 2.29 bits per heavy atom. The van der Waals surface area contributed by atoms with Crippen LogP contribution in [0, 0.1) is 11.8 Å². The highest BCUT2D eigenvalue weighted by molar-refractivity contribution is 6.20. The summed E-state index contributed by atoms with van der Waals surface area (Å²) in [6.07, 6.45) is 4.48. The molecule has 84 valence electrons. The smallest absolute Gasteiger partial charge is 0.0583 e. The molecule has 1 aliphatic heterocycles. The summed E-state index contributed by atoms with van der Waals surface area (Å²) in [4.78, 5) is 0. The van der Waals surface area contributed by atoms with E-state index in [1.54, 1.807) is 0 Å². The van der Waals surface area contributed by atoms with Crippen LogP contribution in [0.25, 0.3) is 0 Å². The van der Waals surface area contributed by atoms with Gasteiger partial charge in [-0.2, -0.15) is 0 Å². The molecule has 1 saturated heterocycles. The van der Waals surface area contributed by atoms with Crippen molar-refractivity contribution in [2.24, 2.45) is 11.8 Å². The van der Waals surface area contributed by atoms with Crippen molar-refractivity contribution in [2.45, 2.75) is 64.5 Å². The second kappa shape index (κ2) is 5.37. The van der Waals surface area contributed by atoms with E-state index in [0.29, 0.717) is 24.0 Å². The molecule has 4 atom stereocenters. The SMILES string of the molecule is CC1CCC(CC(C(C)C)C(C)Cl)O1. The third-order valence-electron chi connectivity index (χ3n) is 3.30. The molecule has 2 heteroatoms. The topological polar surface area (TPSA) is 9.23 Å². The van der Waals surface area contributed by atoms with Gasteiger partial charge in [0.05, 0.1) is 12.2 Å². The Kier molecular flexibility index (Phi) is 4.72. The van der Waals surface area contributed by atoms with Crippen LogP contribution in [0.2, 0.25) is 0 Å². The zero-order chi connectivity index (χ0) is 10.7. The molecule has 0 spiro atoms. The highest BCUT2D eigenvalue weighted by Crippen LogP contribution is 2.31. The highest BCUT2D eigenvalue weighted by Gasteiger charge is 2.28. The van der Waals surface area contributed by atoms with E-state index in [4.69, 9.17) is 16.3 Å². The minimum Gasteiger partial charge on any atom is -0.375 e. The molecule has 0 aromatic carbocycles. The van der Waals surface area contributed by atoms with Crippen LogP contribution in [-0.4, -0.2) is 17.6 Å². The molecule has 0 aromatic heterocycles. The monoisotopic (exact) mass is 218 g/mol. The number of rotatable bonds is 4. The Balaban J connectivity index is 2.40. The van der Waals surface area contributed by atoms with Crippen molar-refractivity contribution in [3.8, 4) is 0 Å². The van der Waals surface area contributed by atoms with Gasteiger partial charge in [-0.25, -0.2) is 0 Å².